The van der Waals surface area contributed by atoms with Gasteiger partial charge in [-0.3, -0.25) is 5.32 Å². The van der Waals surface area contributed by atoms with E-state index in [1.54, 1.807) is 24.3 Å². The summed E-state index contributed by atoms with van der Waals surface area (Å²) in [6, 6.07) is 5.93. The minimum Gasteiger partial charge on any atom is -0.462 e. The summed E-state index contributed by atoms with van der Waals surface area (Å²) in [4.78, 5) is 27.1. The highest BCUT2D eigenvalue weighted by atomic mass is 16.5. The van der Waals surface area contributed by atoms with E-state index < -0.39 is 6.03 Å². The van der Waals surface area contributed by atoms with Crippen LogP contribution in [-0.2, 0) is 4.74 Å². The fraction of sp³-hybridized carbons (Fsp3) is 0.267. The summed E-state index contributed by atoms with van der Waals surface area (Å²) in [6.45, 7) is 6.07. The Balaban J connectivity index is 2.06. The minimum absolute atomic E-state index is 0.235. The summed E-state index contributed by atoms with van der Waals surface area (Å²) in [6.07, 6.45) is 1.81. The smallest absolute Gasteiger partial charge is 0.365 e. The molecule has 2 rings (SSSR count). The first kappa shape index (κ1) is 15.6. The van der Waals surface area contributed by atoms with Crippen LogP contribution in [0, 0.1) is 0 Å². The van der Waals surface area contributed by atoms with Crippen LogP contribution in [-0.4, -0.2) is 24.4 Å². The zero-order valence-electron chi connectivity index (χ0n) is 12.2. The number of nitrogens with one attached hydrogen (secondary N) is 1. The molecule has 1 aliphatic heterocycles. The lowest BCUT2D eigenvalue weighted by atomic mass is 10.2. The first-order valence-electron chi connectivity index (χ1n) is 6.88. The molecule has 0 spiro atoms. The number of benzene rings is 1. The molecule has 2 amide bonds. The Kier molecular flexibility index (Phi) is 5.13. The molecule has 0 bridgehead atoms. The van der Waals surface area contributed by atoms with Gasteiger partial charge in [0.1, 0.15) is 5.70 Å². The average Bonchev–Trinajstić information content (AvgIpc) is 2.52. The van der Waals surface area contributed by atoms with E-state index >= 15 is 0 Å². The molecule has 7 nitrogen and oxygen atoms in total. The number of azo groups is 1. The van der Waals surface area contributed by atoms with Crippen LogP contribution in [0.4, 0.5) is 10.5 Å². The summed E-state index contributed by atoms with van der Waals surface area (Å²) in [5.41, 5.74) is 1.27. The van der Waals surface area contributed by atoms with Crippen molar-refractivity contribution in [1.82, 2.24) is 5.32 Å². The van der Waals surface area contributed by atoms with Crippen LogP contribution < -0.4 is 5.32 Å². The standard InChI is InChI=1S/C15H16N4O3/c1-3-4-9-22-14(20)11-5-7-12(8-6-11)16-13-10(2)18-19-15(21)17-13/h5-8H,2-4,9H2,1H3,(H,16,17,21). The summed E-state index contributed by atoms with van der Waals surface area (Å²) in [7, 11) is 0. The fourth-order valence-electron chi connectivity index (χ4n) is 1.64. The lowest BCUT2D eigenvalue weighted by molar-refractivity contribution is 0.0500. The van der Waals surface area contributed by atoms with Gasteiger partial charge in [-0.2, -0.15) is 0 Å². The van der Waals surface area contributed by atoms with E-state index in [4.69, 9.17) is 4.74 Å². The molecule has 0 aliphatic carbocycles. The van der Waals surface area contributed by atoms with Crippen LogP contribution in [0.2, 0.25) is 0 Å². The van der Waals surface area contributed by atoms with E-state index in [0.717, 1.165) is 12.8 Å². The zero-order valence-corrected chi connectivity index (χ0v) is 12.2. The number of urea groups is 1. The highest BCUT2D eigenvalue weighted by Crippen LogP contribution is 2.16. The predicted molar refractivity (Wildman–Crippen MR) is 81.3 cm³/mol. The third-order valence-corrected chi connectivity index (χ3v) is 2.84. The molecule has 0 unspecified atom stereocenters. The number of nitrogens with zero attached hydrogens (tertiary/aromatic N) is 3. The first-order valence-corrected chi connectivity index (χ1v) is 6.88. The maximum absolute atomic E-state index is 11.8. The molecule has 0 atom stereocenters. The van der Waals surface area contributed by atoms with E-state index in [-0.39, 0.29) is 17.5 Å². The van der Waals surface area contributed by atoms with E-state index in [1.165, 1.54) is 0 Å². The van der Waals surface area contributed by atoms with Gasteiger partial charge >= 0.3 is 12.0 Å². The highest BCUT2D eigenvalue weighted by Gasteiger charge is 2.14. The van der Waals surface area contributed by atoms with E-state index in [1.807, 2.05) is 6.92 Å². The van der Waals surface area contributed by atoms with Gasteiger partial charge < -0.3 is 4.74 Å². The molecule has 114 valence electrons. The van der Waals surface area contributed by atoms with Gasteiger partial charge in [0.05, 0.1) is 17.9 Å². The molecule has 0 aromatic heterocycles. The van der Waals surface area contributed by atoms with Crippen LogP contribution in [0.5, 0.6) is 0 Å². The highest BCUT2D eigenvalue weighted by molar-refractivity contribution is 6.09. The van der Waals surface area contributed by atoms with E-state index in [9.17, 15) is 9.59 Å². The molecule has 0 saturated heterocycles. The molecular weight excluding hydrogens is 284 g/mol. The Morgan fingerprint density at radius 2 is 2.05 bits per heavy atom. The molecule has 0 saturated carbocycles. The predicted octanol–water partition coefficient (Wildman–Crippen LogP) is 3.36. The van der Waals surface area contributed by atoms with Crippen molar-refractivity contribution in [2.75, 3.05) is 6.61 Å². The van der Waals surface area contributed by atoms with Gasteiger partial charge in [0.15, 0.2) is 5.84 Å². The van der Waals surface area contributed by atoms with Crippen molar-refractivity contribution in [2.45, 2.75) is 19.8 Å². The second-order valence-corrected chi connectivity index (χ2v) is 4.57. The number of hydrogen-bond acceptors (Lipinski definition) is 5. The van der Waals surface area contributed by atoms with Gasteiger partial charge in [-0.1, -0.05) is 25.0 Å². The number of amides is 2. The topological polar surface area (TPSA) is 92.5 Å². The lowest BCUT2D eigenvalue weighted by Gasteiger charge is -2.09. The van der Waals surface area contributed by atoms with Crippen LogP contribution in [0.25, 0.3) is 0 Å². The summed E-state index contributed by atoms with van der Waals surface area (Å²) in [5.74, 6) is -0.130. The van der Waals surface area contributed by atoms with E-state index in [2.05, 4.69) is 27.1 Å². The number of esters is 1. The molecule has 1 aromatic carbocycles. The molecule has 1 heterocycles. The van der Waals surface area contributed by atoms with E-state index in [0.29, 0.717) is 17.9 Å². The van der Waals surface area contributed by atoms with Gasteiger partial charge in [-0.05, 0) is 30.7 Å². The Bertz CT molecular complexity index is 647. The quantitative estimate of drug-likeness (QED) is 0.667. The largest absolute Gasteiger partial charge is 0.462 e. The maximum Gasteiger partial charge on any atom is 0.365 e. The fourth-order valence-corrected chi connectivity index (χ4v) is 1.64. The van der Waals surface area contributed by atoms with Crippen LogP contribution in [0.3, 0.4) is 0 Å². The lowest BCUT2D eigenvalue weighted by Crippen LogP contribution is -2.31. The number of carbonyl (C=O) groups excluding carboxylic acids is 2. The Labute approximate surface area is 127 Å². The molecule has 1 aliphatic rings. The van der Waals surface area contributed by atoms with Crippen molar-refractivity contribution in [3.8, 4) is 0 Å². The van der Waals surface area contributed by atoms with Crippen molar-refractivity contribution in [1.29, 1.82) is 0 Å². The van der Waals surface area contributed by atoms with Crippen LogP contribution >= 0.6 is 0 Å². The van der Waals surface area contributed by atoms with Gasteiger partial charge in [0.25, 0.3) is 0 Å². The summed E-state index contributed by atoms with van der Waals surface area (Å²) < 4.78 is 5.12. The number of aliphatic imine (C=N–C) groups is 1. The summed E-state index contributed by atoms with van der Waals surface area (Å²) >= 11 is 0. The van der Waals surface area contributed by atoms with Crippen molar-refractivity contribution < 1.29 is 14.3 Å². The second-order valence-electron chi connectivity index (χ2n) is 4.57. The second kappa shape index (κ2) is 7.26. The molecule has 22 heavy (non-hydrogen) atoms. The number of rotatable bonds is 5. The Morgan fingerprint density at radius 3 is 2.73 bits per heavy atom. The number of hydrogen-bond donors (Lipinski definition) is 1. The minimum atomic E-state index is -0.595. The average molecular weight is 300 g/mol. The van der Waals surface area contributed by atoms with Crippen LogP contribution in [0.1, 0.15) is 30.1 Å². The van der Waals surface area contributed by atoms with Gasteiger partial charge in [-0.15, -0.1) is 5.11 Å². The number of carbonyl (C=O) groups is 2. The third kappa shape index (κ3) is 4.08. The number of ether oxygens (including phenoxy) is 1. The van der Waals surface area contributed by atoms with Crippen LogP contribution in [0.15, 0.2) is 51.8 Å². The van der Waals surface area contributed by atoms with Crippen molar-refractivity contribution in [2.24, 2.45) is 15.2 Å². The third-order valence-electron chi connectivity index (χ3n) is 2.84. The Morgan fingerprint density at radius 1 is 1.32 bits per heavy atom. The molecule has 0 fully saturated rings. The molecule has 1 aromatic rings. The van der Waals surface area contributed by atoms with Gasteiger partial charge in [-0.25, -0.2) is 14.6 Å². The number of amidine groups is 1. The number of unbranched alkanes of at least 4 members (excludes halogenated alkanes) is 1. The zero-order chi connectivity index (χ0) is 15.9. The molecule has 1 N–H and O–H groups in total. The molecule has 7 heteroatoms. The normalized spacial score (nSPS) is 15.8. The maximum atomic E-state index is 11.8. The monoisotopic (exact) mass is 300 g/mol. The molecular formula is C15H16N4O3. The van der Waals surface area contributed by atoms with Gasteiger partial charge in [0.2, 0.25) is 0 Å². The van der Waals surface area contributed by atoms with Gasteiger partial charge in [0, 0.05) is 0 Å². The summed E-state index contributed by atoms with van der Waals surface area (Å²) in [5, 5.41) is 9.34. The van der Waals surface area contributed by atoms with Crippen molar-refractivity contribution in [3.05, 3.63) is 42.1 Å². The Hall–Kier alpha value is -2.83. The SMILES string of the molecule is C=C1N=NC(=O)NC1=Nc1ccc(C(=O)OCCCC)cc1. The van der Waals surface area contributed by atoms with Crippen molar-refractivity contribution >= 4 is 23.5 Å². The van der Waals surface area contributed by atoms with Crippen molar-refractivity contribution in [3.63, 3.8) is 0 Å². The first-order chi connectivity index (χ1) is 10.6. The molecule has 0 radical (unpaired) electrons.